The van der Waals surface area contributed by atoms with Crippen LogP contribution in [0.3, 0.4) is 0 Å². The summed E-state index contributed by atoms with van der Waals surface area (Å²) in [6, 6.07) is -1.17. The van der Waals surface area contributed by atoms with Crippen LogP contribution in [0.25, 0.3) is 0 Å². The monoisotopic (exact) mass is 220 g/mol. The molecule has 0 aromatic carbocycles. The summed E-state index contributed by atoms with van der Waals surface area (Å²) in [5.74, 6) is 0. The molecule has 1 unspecified atom stereocenters. The molecule has 6 nitrogen and oxygen atoms in total. The van der Waals surface area contributed by atoms with Crippen molar-refractivity contribution in [2.45, 2.75) is 13.0 Å². The number of ether oxygens (including phenoxy) is 1. The van der Waals surface area contributed by atoms with E-state index in [4.69, 9.17) is 11.6 Å². The number of hydrogen-bond donors (Lipinski definition) is 0. The number of amides is 4. The van der Waals surface area contributed by atoms with E-state index in [-0.39, 0.29) is 6.54 Å². The number of imide groups is 2. The van der Waals surface area contributed by atoms with E-state index in [1.54, 1.807) is 6.92 Å². The highest BCUT2D eigenvalue weighted by atomic mass is 35.5. The number of halogens is 1. The lowest BCUT2D eigenvalue weighted by Gasteiger charge is -2.13. The van der Waals surface area contributed by atoms with Gasteiger partial charge in [-0.2, -0.15) is 0 Å². The number of carbonyl (C=O) groups is 3. The highest BCUT2D eigenvalue weighted by Crippen LogP contribution is 2.18. The Kier molecular flexibility index (Phi) is 2.95. The number of rotatable bonds is 0. The number of urea groups is 1. The molecular weight excluding hydrogens is 212 g/mol. The van der Waals surface area contributed by atoms with Crippen LogP contribution in [0, 0.1) is 0 Å². The summed E-state index contributed by atoms with van der Waals surface area (Å²) in [6.45, 7) is 1.71. The van der Waals surface area contributed by atoms with Crippen LogP contribution in [0.15, 0.2) is 0 Å². The first-order valence-corrected chi connectivity index (χ1v) is 4.25. The predicted molar refractivity (Wildman–Crippen MR) is 47.1 cm³/mol. The SMILES string of the molecule is COC(=O)N1CC(C)N(C(=O)Cl)C1=O. The standard InChI is InChI=1S/C7H9ClN2O4/c1-4-3-9(7(13)14-2)6(12)10(4)5(8)11/h4H,3H2,1-2H3. The van der Waals surface area contributed by atoms with E-state index >= 15 is 0 Å². The molecule has 0 aromatic rings. The maximum Gasteiger partial charge on any atom is 0.417 e. The van der Waals surface area contributed by atoms with Gasteiger partial charge in [0, 0.05) is 0 Å². The van der Waals surface area contributed by atoms with E-state index < -0.39 is 23.5 Å². The van der Waals surface area contributed by atoms with Crippen molar-refractivity contribution in [2.24, 2.45) is 0 Å². The summed E-state index contributed by atoms with van der Waals surface area (Å²) in [5, 5.41) is -0.895. The van der Waals surface area contributed by atoms with E-state index in [1.807, 2.05) is 0 Å². The Morgan fingerprint density at radius 3 is 2.50 bits per heavy atom. The molecular formula is C7H9ClN2O4. The molecule has 1 rings (SSSR count). The van der Waals surface area contributed by atoms with Crippen molar-refractivity contribution in [3.05, 3.63) is 0 Å². The third kappa shape index (κ3) is 1.65. The first kappa shape index (κ1) is 10.8. The van der Waals surface area contributed by atoms with Gasteiger partial charge in [0.1, 0.15) is 0 Å². The number of carbonyl (C=O) groups excluding carboxylic acids is 3. The van der Waals surface area contributed by atoms with Gasteiger partial charge < -0.3 is 4.74 Å². The van der Waals surface area contributed by atoms with Gasteiger partial charge in [-0.3, -0.25) is 4.79 Å². The van der Waals surface area contributed by atoms with Crippen molar-refractivity contribution in [3.63, 3.8) is 0 Å². The molecule has 14 heavy (non-hydrogen) atoms. The van der Waals surface area contributed by atoms with Crippen LogP contribution in [0.4, 0.5) is 14.4 Å². The van der Waals surface area contributed by atoms with Crippen LogP contribution < -0.4 is 0 Å². The summed E-state index contributed by atoms with van der Waals surface area (Å²) < 4.78 is 4.37. The molecule has 0 aromatic heterocycles. The maximum atomic E-state index is 11.4. The van der Waals surface area contributed by atoms with Gasteiger partial charge in [-0.15, -0.1) is 0 Å². The van der Waals surface area contributed by atoms with E-state index in [9.17, 15) is 14.4 Å². The second-order valence-electron chi connectivity index (χ2n) is 2.84. The van der Waals surface area contributed by atoms with Crippen molar-refractivity contribution >= 4 is 29.1 Å². The predicted octanol–water partition coefficient (Wildman–Crippen LogP) is 1.24. The fourth-order valence-corrected chi connectivity index (χ4v) is 1.49. The zero-order valence-electron chi connectivity index (χ0n) is 7.69. The number of nitrogens with zero attached hydrogens (tertiary/aromatic N) is 2. The molecule has 1 saturated heterocycles. The van der Waals surface area contributed by atoms with Crippen molar-refractivity contribution in [2.75, 3.05) is 13.7 Å². The smallest absolute Gasteiger partial charge is 0.417 e. The van der Waals surface area contributed by atoms with Crippen LogP contribution >= 0.6 is 11.6 Å². The highest BCUT2D eigenvalue weighted by molar-refractivity contribution is 6.64. The topological polar surface area (TPSA) is 66.9 Å². The van der Waals surface area contributed by atoms with Crippen LogP contribution in [0.5, 0.6) is 0 Å². The number of hydrogen-bond acceptors (Lipinski definition) is 4. The van der Waals surface area contributed by atoms with Crippen molar-refractivity contribution in [3.8, 4) is 0 Å². The van der Waals surface area contributed by atoms with E-state index in [1.165, 1.54) is 0 Å². The minimum Gasteiger partial charge on any atom is -0.452 e. The van der Waals surface area contributed by atoms with Crippen LogP contribution in [-0.2, 0) is 4.74 Å². The van der Waals surface area contributed by atoms with Crippen molar-refractivity contribution in [1.82, 2.24) is 9.80 Å². The van der Waals surface area contributed by atoms with Crippen LogP contribution in [0.1, 0.15) is 6.92 Å². The largest absolute Gasteiger partial charge is 0.452 e. The average Bonchev–Trinajstić information content (AvgIpc) is 2.40. The Labute approximate surface area is 85.3 Å². The molecule has 0 bridgehead atoms. The van der Waals surface area contributed by atoms with Gasteiger partial charge in [0.15, 0.2) is 0 Å². The van der Waals surface area contributed by atoms with Crippen molar-refractivity contribution in [1.29, 1.82) is 0 Å². The fraction of sp³-hybridized carbons (Fsp3) is 0.571. The molecule has 1 heterocycles. The Morgan fingerprint density at radius 2 is 2.14 bits per heavy atom. The molecule has 1 atom stereocenters. The Morgan fingerprint density at radius 1 is 1.57 bits per heavy atom. The summed E-state index contributed by atoms with van der Waals surface area (Å²) >= 11 is 5.17. The quantitative estimate of drug-likeness (QED) is 0.455. The second kappa shape index (κ2) is 3.83. The summed E-state index contributed by atoms with van der Waals surface area (Å²) in [6.07, 6.45) is -0.790. The Bertz CT molecular complexity index is 293. The maximum absolute atomic E-state index is 11.4. The molecule has 0 radical (unpaired) electrons. The molecule has 0 spiro atoms. The van der Waals surface area contributed by atoms with Gasteiger partial charge in [0.25, 0.3) is 0 Å². The van der Waals surface area contributed by atoms with Crippen LogP contribution in [-0.4, -0.2) is 47.0 Å². The lowest BCUT2D eigenvalue weighted by molar-refractivity contribution is 0.135. The third-order valence-corrected chi connectivity index (χ3v) is 2.09. The lowest BCUT2D eigenvalue weighted by atomic mass is 10.3. The van der Waals surface area contributed by atoms with E-state index in [0.717, 1.165) is 16.9 Å². The minimum absolute atomic E-state index is 0.101. The van der Waals surface area contributed by atoms with Gasteiger partial charge >= 0.3 is 17.5 Å². The molecule has 1 aliphatic heterocycles. The van der Waals surface area contributed by atoms with Gasteiger partial charge in [0.05, 0.1) is 19.7 Å². The van der Waals surface area contributed by atoms with Gasteiger partial charge in [-0.05, 0) is 18.5 Å². The average molecular weight is 221 g/mol. The van der Waals surface area contributed by atoms with Gasteiger partial charge in [0.2, 0.25) is 0 Å². The minimum atomic E-state index is -0.895. The van der Waals surface area contributed by atoms with Crippen LogP contribution in [0.2, 0.25) is 0 Å². The lowest BCUT2D eigenvalue weighted by Crippen LogP contribution is -2.37. The second-order valence-corrected chi connectivity index (χ2v) is 3.16. The summed E-state index contributed by atoms with van der Waals surface area (Å²) in [7, 11) is 1.16. The molecule has 0 N–H and O–H groups in total. The van der Waals surface area contributed by atoms with E-state index in [0.29, 0.717) is 0 Å². The zero-order valence-corrected chi connectivity index (χ0v) is 8.45. The van der Waals surface area contributed by atoms with Gasteiger partial charge in [-0.1, -0.05) is 0 Å². The summed E-state index contributed by atoms with van der Waals surface area (Å²) in [5.41, 5.74) is 0. The molecule has 0 saturated carbocycles. The highest BCUT2D eigenvalue weighted by Gasteiger charge is 2.41. The molecule has 1 fully saturated rings. The first-order valence-electron chi connectivity index (χ1n) is 3.87. The summed E-state index contributed by atoms with van der Waals surface area (Å²) in [4.78, 5) is 34.9. The zero-order chi connectivity index (χ0) is 10.9. The van der Waals surface area contributed by atoms with Gasteiger partial charge in [-0.25, -0.2) is 19.4 Å². The normalized spacial score (nSPS) is 21.4. The third-order valence-electron chi connectivity index (χ3n) is 1.91. The fourth-order valence-electron chi connectivity index (χ4n) is 1.25. The Balaban J connectivity index is 2.84. The van der Waals surface area contributed by atoms with Crippen molar-refractivity contribution < 1.29 is 19.1 Å². The molecule has 4 amide bonds. The molecule has 7 heteroatoms. The first-order chi connectivity index (χ1) is 6.49. The Hall–Kier alpha value is -1.30. The molecule has 1 aliphatic rings. The molecule has 78 valence electrons. The van der Waals surface area contributed by atoms with E-state index in [2.05, 4.69) is 4.74 Å². The number of methoxy groups -OCH3 is 1. The molecule has 0 aliphatic carbocycles.